The summed E-state index contributed by atoms with van der Waals surface area (Å²) >= 11 is 0. The highest BCUT2D eigenvalue weighted by atomic mass is 19.1. The number of fused-ring (bicyclic) bond motifs is 1. The first-order valence-corrected chi connectivity index (χ1v) is 8.71. The number of rotatable bonds is 6. The van der Waals surface area contributed by atoms with Crippen LogP contribution in [-0.2, 0) is 20.0 Å². The summed E-state index contributed by atoms with van der Waals surface area (Å²) in [5.74, 6) is 2.17. The number of aryl methyl sites for hydroxylation is 1. The Kier molecular flexibility index (Phi) is 5.50. The average Bonchev–Trinajstić information content (AvgIpc) is 3.17. The first-order chi connectivity index (χ1) is 12.6. The van der Waals surface area contributed by atoms with E-state index in [1.165, 1.54) is 6.07 Å². The maximum Gasteiger partial charge on any atom is 0.191 e. The van der Waals surface area contributed by atoms with E-state index < -0.39 is 0 Å². The van der Waals surface area contributed by atoms with Crippen LogP contribution in [0.25, 0.3) is 10.9 Å². The van der Waals surface area contributed by atoms with Gasteiger partial charge in [0.1, 0.15) is 18.2 Å². The lowest BCUT2D eigenvalue weighted by Crippen LogP contribution is -2.38. The molecule has 7 nitrogen and oxygen atoms in total. The molecule has 138 valence electrons. The molecule has 0 aliphatic carbocycles. The molecule has 8 heteroatoms. The molecule has 0 spiro atoms. The molecule has 0 aliphatic heterocycles. The molecule has 2 heterocycles. The highest BCUT2D eigenvalue weighted by molar-refractivity contribution is 5.83. The lowest BCUT2D eigenvalue weighted by molar-refractivity contribution is 0.629. The number of halogens is 1. The number of aliphatic imine (C=N–C) groups is 1. The van der Waals surface area contributed by atoms with Crippen molar-refractivity contribution in [1.82, 2.24) is 30.4 Å². The van der Waals surface area contributed by atoms with Gasteiger partial charge in [-0.05, 0) is 44.0 Å². The van der Waals surface area contributed by atoms with Gasteiger partial charge in [0.25, 0.3) is 0 Å². The number of nitrogens with one attached hydrogen (secondary N) is 3. The Morgan fingerprint density at radius 1 is 1.31 bits per heavy atom. The van der Waals surface area contributed by atoms with Gasteiger partial charge in [-0.15, -0.1) is 10.2 Å². The Bertz CT molecular complexity index is 910. The lowest BCUT2D eigenvalue weighted by Gasteiger charge is -2.11. The van der Waals surface area contributed by atoms with Crippen LogP contribution in [-0.4, -0.2) is 38.8 Å². The van der Waals surface area contributed by atoms with Crippen molar-refractivity contribution in [3.63, 3.8) is 0 Å². The zero-order chi connectivity index (χ0) is 18.5. The Hall–Kier alpha value is -2.90. The molecule has 0 aliphatic rings. The van der Waals surface area contributed by atoms with E-state index in [1.807, 2.05) is 31.7 Å². The molecule has 3 N–H and O–H groups in total. The molecule has 0 radical (unpaired) electrons. The van der Waals surface area contributed by atoms with Gasteiger partial charge in [0.2, 0.25) is 0 Å². The summed E-state index contributed by atoms with van der Waals surface area (Å²) in [7, 11) is 1.93. The van der Waals surface area contributed by atoms with Gasteiger partial charge in [-0.1, -0.05) is 0 Å². The van der Waals surface area contributed by atoms with Crippen molar-refractivity contribution in [2.75, 3.05) is 13.1 Å². The molecular weight excluding hydrogens is 333 g/mol. The van der Waals surface area contributed by atoms with Crippen molar-refractivity contribution in [2.24, 2.45) is 12.0 Å². The lowest BCUT2D eigenvalue weighted by atomic mass is 10.1. The number of H-pyrrole nitrogens is 1. The molecule has 0 saturated heterocycles. The molecule has 3 rings (SSSR count). The van der Waals surface area contributed by atoms with E-state index in [2.05, 4.69) is 30.8 Å². The number of hydrogen-bond donors (Lipinski definition) is 3. The van der Waals surface area contributed by atoms with Crippen LogP contribution < -0.4 is 10.6 Å². The summed E-state index contributed by atoms with van der Waals surface area (Å²) in [6.07, 6.45) is 2.69. The minimum atomic E-state index is -0.222. The fourth-order valence-electron chi connectivity index (χ4n) is 2.75. The van der Waals surface area contributed by atoms with Gasteiger partial charge in [0.05, 0.1) is 0 Å². The Morgan fingerprint density at radius 2 is 2.15 bits per heavy atom. The third-order valence-electron chi connectivity index (χ3n) is 4.32. The normalized spacial score (nSPS) is 11.9. The van der Waals surface area contributed by atoms with Crippen molar-refractivity contribution in [2.45, 2.75) is 26.8 Å². The second-order valence-electron chi connectivity index (χ2n) is 6.10. The van der Waals surface area contributed by atoms with Gasteiger partial charge in [0, 0.05) is 37.2 Å². The van der Waals surface area contributed by atoms with Crippen molar-refractivity contribution >= 4 is 16.9 Å². The standard InChI is InChI=1S/C18H24FN7/c1-4-20-18(23-11-17-25-24-12(2)26(17)3)21-8-7-13-10-22-16-6-5-14(19)9-15(13)16/h5-6,9-10,22H,4,7-8,11H2,1-3H3,(H2,20,21,23). The Labute approximate surface area is 151 Å². The molecular formula is C18H24FN7. The SMILES string of the molecule is CCNC(=NCc1nnc(C)n1C)NCCc1c[nH]c2ccc(F)cc12. The number of guanidine groups is 1. The van der Waals surface area contributed by atoms with Gasteiger partial charge in [-0.25, -0.2) is 9.38 Å². The maximum atomic E-state index is 13.5. The number of aromatic amines is 1. The Balaban J connectivity index is 1.62. The monoisotopic (exact) mass is 357 g/mol. The third kappa shape index (κ3) is 4.01. The van der Waals surface area contributed by atoms with E-state index in [0.717, 1.165) is 47.0 Å². The molecule has 0 saturated carbocycles. The van der Waals surface area contributed by atoms with E-state index >= 15 is 0 Å². The first-order valence-electron chi connectivity index (χ1n) is 8.71. The summed E-state index contributed by atoms with van der Waals surface area (Å²) in [4.78, 5) is 7.73. The van der Waals surface area contributed by atoms with Crippen LogP contribution in [0.15, 0.2) is 29.4 Å². The van der Waals surface area contributed by atoms with Crippen LogP contribution in [0.1, 0.15) is 24.1 Å². The minimum Gasteiger partial charge on any atom is -0.361 e. The van der Waals surface area contributed by atoms with Gasteiger partial charge < -0.3 is 20.2 Å². The van der Waals surface area contributed by atoms with Crippen LogP contribution in [0.2, 0.25) is 0 Å². The largest absolute Gasteiger partial charge is 0.361 e. The number of benzene rings is 1. The fourth-order valence-corrected chi connectivity index (χ4v) is 2.75. The first kappa shape index (κ1) is 17.9. The predicted octanol–water partition coefficient (Wildman–Crippen LogP) is 2.04. The molecule has 3 aromatic rings. The predicted molar refractivity (Wildman–Crippen MR) is 101 cm³/mol. The molecule has 0 bridgehead atoms. The summed E-state index contributed by atoms with van der Waals surface area (Å²) in [6.45, 7) is 5.83. The van der Waals surface area contributed by atoms with E-state index in [9.17, 15) is 4.39 Å². The van der Waals surface area contributed by atoms with Gasteiger partial charge >= 0.3 is 0 Å². The summed E-state index contributed by atoms with van der Waals surface area (Å²) < 4.78 is 15.4. The van der Waals surface area contributed by atoms with E-state index in [0.29, 0.717) is 13.1 Å². The van der Waals surface area contributed by atoms with Crippen molar-refractivity contribution in [3.8, 4) is 0 Å². The molecule has 0 amide bonds. The number of nitrogens with zero attached hydrogens (tertiary/aromatic N) is 4. The molecule has 0 atom stereocenters. The van der Waals surface area contributed by atoms with E-state index in [1.54, 1.807) is 12.1 Å². The average molecular weight is 357 g/mol. The van der Waals surface area contributed by atoms with Crippen LogP contribution >= 0.6 is 0 Å². The molecule has 2 aromatic heterocycles. The zero-order valence-corrected chi connectivity index (χ0v) is 15.3. The molecule has 26 heavy (non-hydrogen) atoms. The minimum absolute atomic E-state index is 0.222. The second kappa shape index (κ2) is 7.99. The smallest absolute Gasteiger partial charge is 0.191 e. The molecule has 1 aromatic carbocycles. The van der Waals surface area contributed by atoms with Crippen molar-refractivity contribution in [1.29, 1.82) is 0 Å². The van der Waals surface area contributed by atoms with Crippen molar-refractivity contribution < 1.29 is 4.39 Å². The van der Waals surface area contributed by atoms with E-state index in [-0.39, 0.29) is 5.82 Å². The Morgan fingerprint density at radius 3 is 2.88 bits per heavy atom. The third-order valence-corrected chi connectivity index (χ3v) is 4.32. The number of hydrogen-bond acceptors (Lipinski definition) is 3. The summed E-state index contributed by atoms with van der Waals surface area (Å²) in [5.41, 5.74) is 2.02. The van der Waals surface area contributed by atoms with Gasteiger partial charge in [-0.3, -0.25) is 0 Å². The number of aromatic nitrogens is 4. The summed E-state index contributed by atoms with van der Waals surface area (Å²) in [5, 5.41) is 15.6. The van der Waals surface area contributed by atoms with E-state index in [4.69, 9.17) is 0 Å². The topological polar surface area (TPSA) is 82.9 Å². The van der Waals surface area contributed by atoms with Crippen LogP contribution in [0.4, 0.5) is 4.39 Å². The van der Waals surface area contributed by atoms with Crippen LogP contribution in [0.3, 0.4) is 0 Å². The van der Waals surface area contributed by atoms with Crippen LogP contribution in [0, 0.1) is 12.7 Å². The second-order valence-corrected chi connectivity index (χ2v) is 6.10. The summed E-state index contributed by atoms with van der Waals surface area (Å²) in [6, 6.07) is 4.79. The highest BCUT2D eigenvalue weighted by Gasteiger charge is 2.07. The maximum absolute atomic E-state index is 13.5. The fraction of sp³-hybridized carbons (Fsp3) is 0.389. The molecule has 0 fully saturated rings. The van der Waals surface area contributed by atoms with Gasteiger partial charge in [0.15, 0.2) is 11.8 Å². The van der Waals surface area contributed by atoms with Gasteiger partial charge in [-0.2, -0.15) is 0 Å². The van der Waals surface area contributed by atoms with Crippen LogP contribution in [0.5, 0.6) is 0 Å². The zero-order valence-electron chi connectivity index (χ0n) is 15.3. The molecule has 0 unspecified atom stereocenters. The highest BCUT2D eigenvalue weighted by Crippen LogP contribution is 2.19. The quantitative estimate of drug-likeness (QED) is 0.466. The van der Waals surface area contributed by atoms with Crippen molar-refractivity contribution in [3.05, 3.63) is 47.4 Å².